The normalized spacial score (nSPS) is 17.9. The van der Waals surface area contributed by atoms with E-state index in [2.05, 4.69) is 15.9 Å². The molecule has 2 aromatic rings. The maximum absolute atomic E-state index is 13.8. The topological polar surface area (TPSA) is 60.9 Å². The van der Waals surface area contributed by atoms with Gasteiger partial charge in [0.15, 0.2) is 6.17 Å². The molecule has 1 N–H and O–H groups in total. The molecule has 5 nitrogen and oxygen atoms in total. The maximum atomic E-state index is 13.8. The molecule has 1 unspecified atom stereocenters. The second-order valence-electron chi connectivity index (χ2n) is 4.83. The Kier molecular flexibility index (Phi) is 4.17. The first-order chi connectivity index (χ1) is 10.9. The van der Waals surface area contributed by atoms with Gasteiger partial charge in [0.2, 0.25) is 0 Å². The third-order valence-corrected chi connectivity index (χ3v) is 4.93. The monoisotopic (exact) mass is 402 g/mol. The molecule has 2 amide bonds. The zero-order valence-corrected chi connectivity index (χ0v) is 13.8. The van der Waals surface area contributed by atoms with Crippen LogP contribution in [0.2, 0.25) is 0 Å². The van der Waals surface area contributed by atoms with Crippen molar-refractivity contribution in [2.24, 2.45) is 0 Å². The number of hydrogen-bond acceptors (Lipinski definition) is 4. The van der Waals surface area contributed by atoms with E-state index >= 15 is 0 Å². The van der Waals surface area contributed by atoms with Crippen LogP contribution >= 0.6 is 27.3 Å². The lowest BCUT2D eigenvalue weighted by Crippen LogP contribution is -2.35. The number of rotatable bonds is 2. The average molecular weight is 403 g/mol. The summed E-state index contributed by atoms with van der Waals surface area (Å²) in [4.78, 5) is 25.2. The van der Waals surface area contributed by atoms with E-state index in [9.17, 15) is 23.6 Å². The fraction of sp³-hybridized carbons (Fsp3) is 0.143. The molecule has 1 saturated heterocycles. The second kappa shape index (κ2) is 5.99. The van der Waals surface area contributed by atoms with Crippen molar-refractivity contribution in [2.45, 2.75) is 6.17 Å². The van der Waals surface area contributed by atoms with Gasteiger partial charge in [-0.25, -0.2) is 8.78 Å². The minimum atomic E-state index is -1.13. The van der Waals surface area contributed by atoms with Crippen molar-refractivity contribution in [1.29, 1.82) is 0 Å². The highest BCUT2D eigenvalue weighted by Gasteiger charge is 2.43. The zero-order valence-electron chi connectivity index (χ0n) is 11.4. The quantitative estimate of drug-likeness (QED) is 0.784. The molecule has 9 heteroatoms. The first kappa shape index (κ1) is 16.0. The minimum absolute atomic E-state index is 0.394. The van der Waals surface area contributed by atoms with Crippen molar-refractivity contribution in [2.75, 3.05) is 6.54 Å². The summed E-state index contributed by atoms with van der Waals surface area (Å²) in [5.41, 5.74) is -0.296. The molecule has 23 heavy (non-hydrogen) atoms. The van der Waals surface area contributed by atoms with E-state index in [4.69, 9.17) is 0 Å². The van der Waals surface area contributed by atoms with Gasteiger partial charge in [0.25, 0.3) is 11.8 Å². The number of hydroxylamine groups is 2. The summed E-state index contributed by atoms with van der Waals surface area (Å²) in [7, 11) is 0. The largest absolute Gasteiger partial charge is 0.302 e. The molecule has 120 valence electrons. The van der Waals surface area contributed by atoms with Crippen LogP contribution in [-0.4, -0.2) is 33.5 Å². The van der Waals surface area contributed by atoms with Gasteiger partial charge in [-0.05, 0) is 39.5 Å². The molecule has 0 aliphatic carbocycles. The smallest absolute Gasteiger partial charge is 0.267 e. The Labute approximate surface area is 141 Å². The van der Waals surface area contributed by atoms with Crippen molar-refractivity contribution < 1.29 is 23.6 Å². The first-order valence-corrected chi connectivity index (χ1v) is 8.07. The van der Waals surface area contributed by atoms with Gasteiger partial charge in [0, 0.05) is 5.56 Å². The van der Waals surface area contributed by atoms with Gasteiger partial charge >= 0.3 is 0 Å². The molecule has 1 aromatic carbocycles. The van der Waals surface area contributed by atoms with Crippen molar-refractivity contribution in [3.05, 3.63) is 56.2 Å². The Morgan fingerprint density at radius 1 is 1.35 bits per heavy atom. The summed E-state index contributed by atoms with van der Waals surface area (Å²) in [6, 6.07) is 4.68. The molecule has 0 saturated carbocycles. The number of amides is 2. The number of carbonyl (C=O) groups excluding carboxylic acids is 2. The molecule has 1 fully saturated rings. The predicted molar refractivity (Wildman–Crippen MR) is 80.8 cm³/mol. The highest BCUT2D eigenvalue weighted by Crippen LogP contribution is 2.35. The van der Waals surface area contributed by atoms with E-state index in [-0.39, 0.29) is 0 Å². The summed E-state index contributed by atoms with van der Waals surface area (Å²) >= 11 is 4.54. The lowest BCUT2D eigenvalue weighted by Gasteiger charge is -2.25. The summed E-state index contributed by atoms with van der Waals surface area (Å²) in [5, 5.41) is 11.9. The van der Waals surface area contributed by atoms with Crippen LogP contribution < -0.4 is 0 Å². The highest BCUT2D eigenvalue weighted by atomic mass is 79.9. The molecule has 0 spiro atoms. The summed E-state index contributed by atoms with van der Waals surface area (Å²) in [5.74, 6) is -3.78. The van der Waals surface area contributed by atoms with Crippen LogP contribution in [0.15, 0.2) is 33.4 Å². The SMILES string of the molecule is O=C1CN(C(=O)c2c(F)cccc2F)C(c2csc(Br)c2)N1O. The van der Waals surface area contributed by atoms with Gasteiger partial charge < -0.3 is 4.90 Å². The van der Waals surface area contributed by atoms with Crippen molar-refractivity contribution in [3.63, 3.8) is 0 Å². The summed E-state index contributed by atoms with van der Waals surface area (Å²) in [6.45, 7) is -0.471. The molecule has 1 aliphatic rings. The molecular formula is C14H9BrF2N2O3S. The van der Waals surface area contributed by atoms with E-state index in [1.807, 2.05) is 0 Å². The number of hydrogen-bond donors (Lipinski definition) is 1. The highest BCUT2D eigenvalue weighted by molar-refractivity contribution is 9.11. The van der Waals surface area contributed by atoms with Crippen molar-refractivity contribution in [3.8, 4) is 0 Å². The van der Waals surface area contributed by atoms with Crippen LogP contribution in [0.3, 0.4) is 0 Å². The summed E-state index contributed by atoms with van der Waals surface area (Å²) < 4.78 is 28.4. The van der Waals surface area contributed by atoms with Gasteiger partial charge in [0.1, 0.15) is 23.7 Å². The van der Waals surface area contributed by atoms with Crippen LogP contribution in [-0.2, 0) is 4.79 Å². The van der Waals surface area contributed by atoms with Gasteiger partial charge in [-0.2, -0.15) is 5.06 Å². The molecule has 1 atom stereocenters. The minimum Gasteiger partial charge on any atom is -0.302 e. The van der Waals surface area contributed by atoms with Gasteiger partial charge in [-0.15, -0.1) is 11.3 Å². The molecule has 3 rings (SSSR count). The Morgan fingerprint density at radius 2 is 2.00 bits per heavy atom. The average Bonchev–Trinajstić information content (AvgIpc) is 3.03. The molecule has 0 radical (unpaired) electrons. The van der Waals surface area contributed by atoms with E-state index < -0.39 is 41.7 Å². The first-order valence-electron chi connectivity index (χ1n) is 6.40. The zero-order chi connectivity index (χ0) is 16.7. The molecule has 1 aromatic heterocycles. The predicted octanol–water partition coefficient (Wildman–Crippen LogP) is 3.16. The van der Waals surface area contributed by atoms with Crippen LogP contribution in [0.5, 0.6) is 0 Å². The Bertz CT molecular complexity index is 778. The fourth-order valence-electron chi connectivity index (χ4n) is 2.38. The molecular weight excluding hydrogens is 394 g/mol. The van der Waals surface area contributed by atoms with E-state index in [0.717, 1.165) is 26.9 Å². The lowest BCUT2D eigenvalue weighted by molar-refractivity contribution is -0.168. The number of benzene rings is 1. The van der Waals surface area contributed by atoms with Crippen LogP contribution in [0.25, 0.3) is 0 Å². The number of nitrogens with zero attached hydrogens (tertiary/aromatic N) is 2. The van der Waals surface area contributed by atoms with Gasteiger partial charge in [-0.3, -0.25) is 14.8 Å². The van der Waals surface area contributed by atoms with Crippen LogP contribution in [0, 0.1) is 11.6 Å². The Hall–Kier alpha value is -1.84. The van der Waals surface area contributed by atoms with E-state index in [0.29, 0.717) is 10.6 Å². The van der Waals surface area contributed by atoms with E-state index in [1.165, 1.54) is 11.3 Å². The third-order valence-electron chi connectivity index (χ3n) is 3.41. The lowest BCUT2D eigenvalue weighted by atomic mass is 10.1. The number of halogens is 3. The number of thiophene rings is 1. The number of carbonyl (C=O) groups is 2. The standard InChI is InChI=1S/C14H9BrF2N2O3S/c15-10-4-7(6-23-10)13-18(5-11(20)19(13)22)14(21)12-8(16)2-1-3-9(12)17/h1-4,6,13,22H,5H2. The fourth-order valence-corrected chi connectivity index (χ4v) is 3.57. The van der Waals surface area contributed by atoms with E-state index in [1.54, 1.807) is 11.4 Å². The molecule has 2 heterocycles. The Morgan fingerprint density at radius 3 is 2.57 bits per heavy atom. The van der Waals surface area contributed by atoms with Crippen LogP contribution in [0.4, 0.5) is 8.78 Å². The van der Waals surface area contributed by atoms with Crippen LogP contribution in [0.1, 0.15) is 22.1 Å². The van der Waals surface area contributed by atoms with Gasteiger partial charge in [0.05, 0.1) is 3.79 Å². The summed E-state index contributed by atoms with van der Waals surface area (Å²) in [6.07, 6.45) is -1.13. The second-order valence-corrected chi connectivity index (χ2v) is 7.12. The maximum Gasteiger partial charge on any atom is 0.267 e. The molecule has 0 bridgehead atoms. The third kappa shape index (κ3) is 2.75. The van der Waals surface area contributed by atoms with Crippen molar-refractivity contribution in [1.82, 2.24) is 9.96 Å². The van der Waals surface area contributed by atoms with Gasteiger partial charge in [-0.1, -0.05) is 6.07 Å². The van der Waals surface area contributed by atoms with Crippen molar-refractivity contribution >= 4 is 39.1 Å². The Balaban J connectivity index is 2.03. The molecule has 1 aliphatic heterocycles.